The molecule has 2 aliphatic heterocycles. The maximum absolute atomic E-state index is 12.1. The molecule has 2 heterocycles. The van der Waals surface area contributed by atoms with Crippen LogP contribution in [0.1, 0.15) is 51.0 Å². The third kappa shape index (κ3) is 3.80. The second-order valence-electron chi connectivity index (χ2n) is 6.89. The first-order valence-corrected chi connectivity index (χ1v) is 8.38. The quantitative estimate of drug-likeness (QED) is 0.879. The monoisotopic (exact) mass is 302 g/mol. The molecular weight excluding hydrogens is 276 g/mol. The van der Waals surface area contributed by atoms with Gasteiger partial charge in [-0.15, -0.1) is 0 Å². The van der Waals surface area contributed by atoms with Crippen LogP contribution in [0.2, 0.25) is 0 Å². The normalized spacial score (nSPS) is 27.0. The van der Waals surface area contributed by atoms with E-state index in [1.807, 2.05) is 18.2 Å². The van der Waals surface area contributed by atoms with Gasteiger partial charge in [0, 0.05) is 18.1 Å². The molecule has 2 atom stereocenters. The topological polar surface area (TPSA) is 50.4 Å². The van der Waals surface area contributed by atoms with Gasteiger partial charge in [0.05, 0.1) is 0 Å². The fourth-order valence-corrected chi connectivity index (χ4v) is 3.56. The maximum Gasteiger partial charge on any atom is 0.258 e. The molecule has 2 unspecified atom stereocenters. The van der Waals surface area contributed by atoms with Gasteiger partial charge in [-0.25, -0.2) is 0 Å². The molecule has 1 amide bonds. The molecule has 3 rings (SSSR count). The molecule has 1 aromatic carbocycles. The number of nitrogens with one attached hydrogen (secondary N) is 2. The predicted molar refractivity (Wildman–Crippen MR) is 87.1 cm³/mol. The highest BCUT2D eigenvalue weighted by Gasteiger charge is 2.33. The van der Waals surface area contributed by atoms with Crippen LogP contribution in [-0.2, 0) is 4.79 Å². The van der Waals surface area contributed by atoms with Gasteiger partial charge in [-0.05, 0) is 49.3 Å². The van der Waals surface area contributed by atoms with E-state index in [0.717, 1.165) is 18.6 Å². The average molecular weight is 302 g/mol. The van der Waals surface area contributed by atoms with Gasteiger partial charge in [0.1, 0.15) is 5.75 Å². The summed E-state index contributed by atoms with van der Waals surface area (Å²) in [4.78, 5) is 12.1. The van der Waals surface area contributed by atoms with Crippen LogP contribution in [0.5, 0.6) is 5.75 Å². The zero-order valence-corrected chi connectivity index (χ0v) is 13.5. The first-order chi connectivity index (χ1) is 10.6. The fraction of sp³-hybridized carbons (Fsp3) is 0.611. The van der Waals surface area contributed by atoms with Crippen molar-refractivity contribution in [1.29, 1.82) is 0 Å². The summed E-state index contributed by atoms with van der Waals surface area (Å²) in [6.07, 6.45) is 4.58. The summed E-state index contributed by atoms with van der Waals surface area (Å²) in [6, 6.07) is 9.47. The highest BCUT2D eigenvalue weighted by atomic mass is 16.5. The second-order valence-corrected chi connectivity index (χ2v) is 6.89. The Labute approximate surface area is 132 Å². The van der Waals surface area contributed by atoms with Crippen molar-refractivity contribution in [3.05, 3.63) is 29.8 Å². The van der Waals surface area contributed by atoms with Gasteiger partial charge < -0.3 is 15.4 Å². The lowest BCUT2D eigenvalue weighted by atomic mass is 10.00. The number of hydrogen-bond acceptors (Lipinski definition) is 3. The lowest BCUT2D eigenvalue weighted by Crippen LogP contribution is -2.48. The van der Waals surface area contributed by atoms with E-state index in [0.29, 0.717) is 24.0 Å². The molecule has 0 aromatic heterocycles. The van der Waals surface area contributed by atoms with Crippen molar-refractivity contribution >= 4 is 5.91 Å². The molecule has 120 valence electrons. The molecular formula is C18H26N2O2. The van der Waals surface area contributed by atoms with Gasteiger partial charge in [0.25, 0.3) is 5.91 Å². The van der Waals surface area contributed by atoms with E-state index < -0.39 is 0 Å². The number of rotatable bonds is 5. The summed E-state index contributed by atoms with van der Waals surface area (Å²) in [5.74, 6) is 1.22. The average Bonchev–Trinajstić information content (AvgIpc) is 2.84. The van der Waals surface area contributed by atoms with Crippen LogP contribution in [0.4, 0.5) is 0 Å². The van der Waals surface area contributed by atoms with Gasteiger partial charge in [-0.3, -0.25) is 4.79 Å². The Balaban J connectivity index is 1.47. The lowest BCUT2D eigenvalue weighted by molar-refractivity contribution is -0.124. The summed E-state index contributed by atoms with van der Waals surface area (Å²) < 4.78 is 5.64. The minimum atomic E-state index is -0.0127. The van der Waals surface area contributed by atoms with Crippen molar-refractivity contribution in [1.82, 2.24) is 10.6 Å². The van der Waals surface area contributed by atoms with E-state index in [1.54, 1.807) is 0 Å². The van der Waals surface area contributed by atoms with Gasteiger partial charge in [-0.2, -0.15) is 0 Å². The van der Waals surface area contributed by atoms with Gasteiger partial charge in [-0.1, -0.05) is 26.0 Å². The highest BCUT2D eigenvalue weighted by Crippen LogP contribution is 2.26. The zero-order valence-electron chi connectivity index (χ0n) is 13.5. The molecule has 2 N–H and O–H groups in total. The van der Waals surface area contributed by atoms with Gasteiger partial charge in [0.15, 0.2) is 6.61 Å². The molecule has 22 heavy (non-hydrogen) atoms. The predicted octanol–water partition coefficient (Wildman–Crippen LogP) is 2.59. The number of benzene rings is 1. The van der Waals surface area contributed by atoms with Crippen molar-refractivity contribution in [3.8, 4) is 5.75 Å². The third-order valence-electron chi connectivity index (χ3n) is 4.73. The summed E-state index contributed by atoms with van der Waals surface area (Å²) in [5, 5.41) is 6.71. The van der Waals surface area contributed by atoms with Crippen LogP contribution in [0.3, 0.4) is 0 Å². The number of ether oxygens (including phenoxy) is 1. The second kappa shape index (κ2) is 6.69. The van der Waals surface area contributed by atoms with Crippen molar-refractivity contribution < 1.29 is 9.53 Å². The molecule has 0 saturated carbocycles. The van der Waals surface area contributed by atoms with Crippen molar-refractivity contribution in [2.75, 3.05) is 6.61 Å². The van der Waals surface area contributed by atoms with Crippen molar-refractivity contribution in [2.24, 2.45) is 0 Å². The standard InChI is InChI=1S/C18H26N2O2/c1-12(2)13-4-3-5-17(8-13)22-11-18(21)20-16-9-14-6-7-15(10-16)19-14/h3-5,8,12,14-16,19H,6-7,9-11H2,1-2H3,(H,20,21). The minimum absolute atomic E-state index is 0.0127. The first-order valence-electron chi connectivity index (χ1n) is 8.38. The van der Waals surface area contributed by atoms with E-state index in [9.17, 15) is 4.79 Å². The van der Waals surface area contributed by atoms with Crippen molar-refractivity contribution in [2.45, 2.75) is 63.6 Å². The molecule has 2 fully saturated rings. The number of carbonyl (C=O) groups excluding carboxylic acids is 1. The summed E-state index contributed by atoms with van der Waals surface area (Å²) in [5.41, 5.74) is 1.23. The van der Waals surface area contributed by atoms with E-state index >= 15 is 0 Å². The number of carbonyl (C=O) groups is 1. The summed E-state index contributed by atoms with van der Waals surface area (Å²) in [7, 11) is 0. The van der Waals surface area contributed by atoms with E-state index in [1.165, 1.54) is 18.4 Å². The van der Waals surface area contributed by atoms with E-state index in [2.05, 4.69) is 30.5 Å². The molecule has 0 radical (unpaired) electrons. The molecule has 0 aliphatic carbocycles. The van der Waals surface area contributed by atoms with Crippen LogP contribution in [0.15, 0.2) is 24.3 Å². The molecule has 4 heteroatoms. The van der Waals surface area contributed by atoms with Crippen LogP contribution >= 0.6 is 0 Å². The van der Waals surface area contributed by atoms with E-state index in [4.69, 9.17) is 4.74 Å². The Morgan fingerprint density at radius 2 is 2.05 bits per heavy atom. The maximum atomic E-state index is 12.1. The Bertz CT molecular complexity index is 518. The van der Waals surface area contributed by atoms with Gasteiger partial charge in [0.2, 0.25) is 0 Å². The SMILES string of the molecule is CC(C)c1cccc(OCC(=O)NC2CC3CCC(C2)N3)c1. The minimum Gasteiger partial charge on any atom is -0.484 e. The molecule has 1 aromatic rings. The first kappa shape index (κ1) is 15.3. The smallest absolute Gasteiger partial charge is 0.258 e. The van der Waals surface area contributed by atoms with Crippen LogP contribution in [-0.4, -0.2) is 30.6 Å². The summed E-state index contributed by atoms with van der Waals surface area (Å²) in [6.45, 7) is 4.40. The Hall–Kier alpha value is -1.55. The molecule has 2 aliphatic rings. The fourth-order valence-electron chi connectivity index (χ4n) is 3.56. The van der Waals surface area contributed by atoms with Crippen molar-refractivity contribution in [3.63, 3.8) is 0 Å². The van der Waals surface area contributed by atoms with Crippen LogP contribution in [0, 0.1) is 0 Å². The molecule has 2 saturated heterocycles. The number of amides is 1. The molecule has 4 nitrogen and oxygen atoms in total. The molecule has 2 bridgehead atoms. The Morgan fingerprint density at radius 3 is 2.73 bits per heavy atom. The van der Waals surface area contributed by atoms with Crippen LogP contribution in [0.25, 0.3) is 0 Å². The zero-order chi connectivity index (χ0) is 15.5. The lowest BCUT2D eigenvalue weighted by Gasteiger charge is -2.29. The van der Waals surface area contributed by atoms with Gasteiger partial charge >= 0.3 is 0 Å². The number of fused-ring (bicyclic) bond motifs is 2. The Kier molecular flexibility index (Phi) is 4.67. The Morgan fingerprint density at radius 1 is 1.32 bits per heavy atom. The molecule has 0 spiro atoms. The van der Waals surface area contributed by atoms with E-state index in [-0.39, 0.29) is 12.5 Å². The largest absolute Gasteiger partial charge is 0.484 e. The third-order valence-corrected chi connectivity index (χ3v) is 4.73. The summed E-state index contributed by atoms with van der Waals surface area (Å²) >= 11 is 0. The highest BCUT2D eigenvalue weighted by molar-refractivity contribution is 5.77. The number of hydrogen-bond donors (Lipinski definition) is 2. The number of piperidine rings is 1. The van der Waals surface area contributed by atoms with Crippen LogP contribution < -0.4 is 15.4 Å².